The fraction of sp³-hybridized carbons (Fsp3) is 0.312. The van der Waals surface area contributed by atoms with Crippen LogP contribution in [-0.4, -0.2) is 20.5 Å². The van der Waals surface area contributed by atoms with Crippen molar-refractivity contribution < 1.29 is 4.79 Å². The number of rotatable bonds is 3. The molecular formula is C16H18N4OS. The van der Waals surface area contributed by atoms with Gasteiger partial charge in [0.2, 0.25) is 4.96 Å². The van der Waals surface area contributed by atoms with Crippen LogP contribution in [0.5, 0.6) is 0 Å². The molecule has 0 atom stereocenters. The van der Waals surface area contributed by atoms with Gasteiger partial charge in [-0.05, 0) is 51.0 Å². The standard InChI is InChI=1S/C16H18N4OS/c1-9-5-6-13(7-10(9)2)15(21)17-8-14-11(3)18-16-20(14)19-12(4)22-16/h5-7H,8H2,1-4H3,(H,17,21). The van der Waals surface area contributed by atoms with Gasteiger partial charge in [-0.15, -0.1) is 0 Å². The van der Waals surface area contributed by atoms with Gasteiger partial charge >= 0.3 is 0 Å². The van der Waals surface area contributed by atoms with Crippen molar-refractivity contribution in [2.24, 2.45) is 0 Å². The summed E-state index contributed by atoms with van der Waals surface area (Å²) in [5, 5.41) is 8.35. The first-order valence-corrected chi connectivity index (χ1v) is 7.94. The van der Waals surface area contributed by atoms with E-state index in [1.807, 2.05) is 50.4 Å². The summed E-state index contributed by atoms with van der Waals surface area (Å²) in [6, 6.07) is 5.73. The van der Waals surface area contributed by atoms with Gasteiger partial charge in [0.05, 0.1) is 17.9 Å². The van der Waals surface area contributed by atoms with Crippen LogP contribution in [0.1, 0.15) is 37.9 Å². The number of fused-ring (bicyclic) bond motifs is 1. The molecule has 0 aliphatic carbocycles. The van der Waals surface area contributed by atoms with Crippen LogP contribution in [0.3, 0.4) is 0 Å². The van der Waals surface area contributed by atoms with Crippen LogP contribution in [0.4, 0.5) is 0 Å². The summed E-state index contributed by atoms with van der Waals surface area (Å²) in [6.45, 7) is 8.35. The molecule has 0 unspecified atom stereocenters. The maximum atomic E-state index is 12.3. The molecule has 0 bridgehead atoms. The van der Waals surface area contributed by atoms with Gasteiger partial charge in [0.1, 0.15) is 5.01 Å². The van der Waals surface area contributed by atoms with Gasteiger partial charge in [-0.3, -0.25) is 4.79 Å². The van der Waals surface area contributed by atoms with Gasteiger partial charge < -0.3 is 5.32 Å². The fourth-order valence-corrected chi connectivity index (χ4v) is 3.14. The molecule has 3 rings (SSSR count). The first-order chi connectivity index (χ1) is 10.5. The lowest BCUT2D eigenvalue weighted by Gasteiger charge is -2.07. The summed E-state index contributed by atoms with van der Waals surface area (Å²) in [5.41, 5.74) is 4.81. The van der Waals surface area contributed by atoms with Crippen LogP contribution in [0, 0.1) is 27.7 Å². The van der Waals surface area contributed by atoms with Gasteiger partial charge in [-0.1, -0.05) is 17.4 Å². The number of nitrogens with zero attached hydrogens (tertiary/aromatic N) is 3. The Hall–Kier alpha value is -2.21. The quantitative estimate of drug-likeness (QED) is 0.808. The lowest BCUT2D eigenvalue weighted by molar-refractivity contribution is 0.0950. The number of aromatic nitrogens is 3. The number of hydrogen-bond acceptors (Lipinski definition) is 4. The molecule has 1 aromatic carbocycles. The Balaban J connectivity index is 1.79. The van der Waals surface area contributed by atoms with E-state index in [0.717, 1.165) is 26.9 Å². The Labute approximate surface area is 133 Å². The highest BCUT2D eigenvalue weighted by atomic mass is 32.1. The van der Waals surface area contributed by atoms with Crippen LogP contribution < -0.4 is 5.32 Å². The zero-order valence-electron chi connectivity index (χ0n) is 13.1. The summed E-state index contributed by atoms with van der Waals surface area (Å²) < 4.78 is 1.82. The molecule has 0 saturated carbocycles. The number of hydrogen-bond donors (Lipinski definition) is 1. The lowest BCUT2D eigenvalue weighted by Crippen LogP contribution is -2.24. The van der Waals surface area contributed by atoms with Crippen molar-refractivity contribution in [1.82, 2.24) is 19.9 Å². The molecule has 1 amide bonds. The summed E-state index contributed by atoms with van der Waals surface area (Å²) in [5.74, 6) is -0.0793. The Kier molecular flexibility index (Phi) is 3.70. The van der Waals surface area contributed by atoms with Crippen molar-refractivity contribution in [3.63, 3.8) is 0 Å². The second kappa shape index (κ2) is 5.53. The van der Waals surface area contributed by atoms with E-state index in [9.17, 15) is 4.79 Å². The highest BCUT2D eigenvalue weighted by Gasteiger charge is 2.14. The molecule has 0 saturated heterocycles. The largest absolute Gasteiger partial charge is 0.346 e. The monoisotopic (exact) mass is 314 g/mol. The van der Waals surface area contributed by atoms with E-state index in [2.05, 4.69) is 15.4 Å². The highest BCUT2D eigenvalue weighted by Crippen LogP contribution is 2.18. The van der Waals surface area contributed by atoms with Crippen molar-refractivity contribution in [2.75, 3.05) is 0 Å². The summed E-state index contributed by atoms with van der Waals surface area (Å²) >= 11 is 1.55. The SMILES string of the molecule is Cc1nn2c(CNC(=O)c3ccc(C)c(C)c3)c(C)nc2s1. The molecule has 3 aromatic rings. The Morgan fingerprint density at radius 3 is 2.73 bits per heavy atom. The predicted octanol–water partition coefficient (Wildman–Crippen LogP) is 2.95. The van der Waals surface area contributed by atoms with Gasteiger partial charge in [-0.2, -0.15) is 5.10 Å². The number of carbonyl (C=O) groups excluding carboxylic acids is 1. The Bertz CT molecular complexity index is 863. The number of carbonyl (C=O) groups is 1. The average molecular weight is 314 g/mol. The van der Waals surface area contributed by atoms with E-state index in [4.69, 9.17) is 0 Å². The van der Waals surface area contributed by atoms with Gasteiger partial charge in [0, 0.05) is 5.56 Å². The normalized spacial score (nSPS) is 11.1. The molecule has 6 heteroatoms. The first-order valence-electron chi connectivity index (χ1n) is 7.13. The third-order valence-corrected chi connectivity index (χ3v) is 4.61. The molecule has 5 nitrogen and oxygen atoms in total. The average Bonchev–Trinajstić information content (AvgIpc) is 2.94. The lowest BCUT2D eigenvalue weighted by atomic mass is 10.1. The van der Waals surface area contributed by atoms with Gasteiger partial charge in [0.25, 0.3) is 5.91 Å². The maximum absolute atomic E-state index is 12.3. The minimum Gasteiger partial charge on any atom is -0.346 e. The molecule has 0 radical (unpaired) electrons. The summed E-state index contributed by atoms with van der Waals surface area (Å²) in [4.78, 5) is 17.6. The molecular weight excluding hydrogens is 296 g/mol. The zero-order valence-corrected chi connectivity index (χ0v) is 13.9. The van der Waals surface area contributed by atoms with Gasteiger partial charge in [0.15, 0.2) is 0 Å². The van der Waals surface area contributed by atoms with E-state index in [0.29, 0.717) is 12.1 Å². The number of benzene rings is 1. The highest BCUT2D eigenvalue weighted by molar-refractivity contribution is 7.16. The molecule has 22 heavy (non-hydrogen) atoms. The number of imidazole rings is 1. The van der Waals surface area contributed by atoms with E-state index in [1.54, 1.807) is 11.3 Å². The Morgan fingerprint density at radius 2 is 2.00 bits per heavy atom. The van der Waals surface area contributed by atoms with Crippen LogP contribution in [0.15, 0.2) is 18.2 Å². The van der Waals surface area contributed by atoms with Crippen LogP contribution in [0.25, 0.3) is 4.96 Å². The second-order valence-corrected chi connectivity index (χ2v) is 6.60. The Morgan fingerprint density at radius 1 is 1.23 bits per heavy atom. The third kappa shape index (κ3) is 2.62. The number of nitrogens with one attached hydrogen (secondary N) is 1. The van der Waals surface area contributed by atoms with Crippen molar-refractivity contribution >= 4 is 22.2 Å². The van der Waals surface area contributed by atoms with Crippen molar-refractivity contribution in [3.05, 3.63) is 51.3 Å². The minimum atomic E-state index is -0.0793. The topological polar surface area (TPSA) is 59.3 Å². The van der Waals surface area contributed by atoms with Crippen molar-refractivity contribution in [1.29, 1.82) is 0 Å². The number of amides is 1. The maximum Gasteiger partial charge on any atom is 0.251 e. The van der Waals surface area contributed by atoms with E-state index in [1.165, 1.54) is 5.56 Å². The molecule has 2 heterocycles. The van der Waals surface area contributed by atoms with Crippen LogP contribution in [-0.2, 0) is 6.54 Å². The molecule has 0 spiro atoms. The van der Waals surface area contributed by atoms with E-state index >= 15 is 0 Å². The molecule has 0 aliphatic rings. The van der Waals surface area contributed by atoms with Crippen molar-refractivity contribution in [3.8, 4) is 0 Å². The first kappa shape index (κ1) is 14.7. The number of aryl methyl sites for hydroxylation is 4. The smallest absolute Gasteiger partial charge is 0.251 e. The second-order valence-electron chi connectivity index (χ2n) is 5.44. The van der Waals surface area contributed by atoms with Gasteiger partial charge in [-0.25, -0.2) is 9.50 Å². The van der Waals surface area contributed by atoms with Crippen LogP contribution >= 0.6 is 11.3 Å². The van der Waals surface area contributed by atoms with E-state index < -0.39 is 0 Å². The summed E-state index contributed by atoms with van der Waals surface area (Å²) in [6.07, 6.45) is 0. The predicted molar refractivity (Wildman–Crippen MR) is 87.4 cm³/mol. The molecule has 0 aliphatic heterocycles. The van der Waals surface area contributed by atoms with Crippen LogP contribution in [0.2, 0.25) is 0 Å². The molecule has 0 fully saturated rings. The fourth-order valence-electron chi connectivity index (χ4n) is 2.34. The molecule has 1 N–H and O–H groups in total. The van der Waals surface area contributed by atoms with E-state index in [-0.39, 0.29) is 5.91 Å². The molecule has 2 aromatic heterocycles. The minimum absolute atomic E-state index is 0.0793. The summed E-state index contributed by atoms with van der Waals surface area (Å²) in [7, 11) is 0. The third-order valence-electron chi connectivity index (χ3n) is 3.78. The zero-order chi connectivity index (χ0) is 15.9. The van der Waals surface area contributed by atoms with Crippen molar-refractivity contribution in [2.45, 2.75) is 34.2 Å². The molecule has 114 valence electrons.